The smallest absolute Gasteiger partial charge is 0.349 e. The quantitative estimate of drug-likeness (QED) is 0.691. The number of nitrogens with one attached hydrogen (secondary N) is 1. The zero-order valence-electron chi connectivity index (χ0n) is 13.5. The van der Waals surface area contributed by atoms with E-state index in [1.54, 1.807) is 24.3 Å². The molecule has 2 heterocycles. The van der Waals surface area contributed by atoms with Gasteiger partial charge in [0, 0.05) is 6.04 Å². The highest BCUT2D eigenvalue weighted by Gasteiger charge is 2.27. The fraction of sp³-hybridized carbons (Fsp3) is 0.278. The third kappa shape index (κ3) is 3.57. The maximum atomic E-state index is 12.3. The summed E-state index contributed by atoms with van der Waals surface area (Å²) in [6, 6.07) is 11.8. The van der Waals surface area contributed by atoms with Gasteiger partial charge in [-0.1, -0.05) is 12.1 Å². The molecule has 1 N–H and O–H groups in total. The number of amides is 1. The van der Waals surface area contributed by atoms with Crippen molar-refractivity contribution in [2.45, 2.75) is 31.9 Å². The lowest BCUT2D eigenvalue weighted by atomic mass is 10.3. The molecule has 4 rings (SSSR count). The molecular weight excluding hydrogens is 356 g/mol. The van der Waals surface area contributed by atoms with E-state index in [-0.39, 0.29) is 11.9 Å². The fourth-order valence-electron chi connectivity index (χ4n) is 2.36. The molecule has 2 aromatic heterocycles. The summed E-state index contributed by atoms with van der Waals surface area (Å²) in [5.74, 6) is -0.713. The van der Waals surface area contributed by atoms with Crippen molar-refractivity contribution >= 4 is 44.8 Å². The molecule has 1 fully saturated rings. The van der Waals surface area contributed by atoms with Crippen molar-refractivity contribution in [3.8, 4) is 9.88 Å². The standard InChI is InChI=1S/C18H16N2O3S2/c1-10(16(21)19-11-6-7-11)23-18(22)15-9-8-14(24-15)17-20-12-4-2-3-5-13(12)25-17/h2-5,8-11H,6-7H2,1H3,(H,19,21)/t10-/m0/s1. The molecular formula is C18H16N2O3S2. The minimum Gasteiger partial charge on any atom is -0.448 e. The van der Waals surface area contributed by atoms with Gasteiger partial charge in [-0.2, -0.15) is 0 Å². The minimum absolute atomic E-state index is 0.237. The van der Waals surface area contributed by atoms with Crippen LogP contribution in [0.5, 0.6) is 0 Å². The molecule has 1 saturated carbocycles. The number of carbonyl (C=O) groups excluding carboxylic acids is 2. The maximum Gasteiger partial charge on any atom is 0.349 e. The lowest BCUT2D eigenvalue weighted by Crippen LogP contribution is -2.36. The second kappa shape index (κ2) is 6.57. The number of ether oxygens (including phenoxy) is 1. The lowest BCUT2D eigenvalue weighted by Gasteiger charge is -2.12. The van der Waals surface area contributed by atoms with Gasteiger partial charge in [0.25, 0.3) is 5.91 Å². The molecule has 1 amide bonds. The van der Waals surface area contributed by atoms with Gasteiger partial charge in [-0.3, -0.25) is 4.79 Å². The highest BCUT2D eigenvalue weighted by Crippen LogP contribution is 2.34. The van der Waals surface area contributed by atoms with Crippen molar-refractivity contribution < 1.29 is 14.3 Å². The molecule has 0 aliphatic heterocycles. The van der Waals surface area contributed by atoms with Crippen LogP contribution in [0.2, 0.25) is 0 Å². The number of hydrogen-bond donors (Lipinski definition) is 1. The van der Waals surface area contributed by atoms with E-state index in [1.807, 2.05) is 30.3 Å². The molecule has 0 unspecified atom stereocenters. The van der Waals surface area contributed by atoms with Crippen molar-refractivity contribution in [1.82, 2.24) is 10.3 Å². The Bertz CT molecular complexity index is 910. The number of nitrogens with zero attached hydrogens (tertiary/aromatic N) is 1. The third-order valence-electron chi connectivity index (χ3n) is 3.89. The van der Waals surface area contributed by atoms with Crippen molar-refractivity contribution in [3.63, 3.8) is 0 Å². The first-order valence-corrected chi connectivity index (χ1v) is 9.70. The Labute approximate surface area is 152 Å². The molecule has 7 heteroatoms. The maximum absolute atomic E-state index is 12.3. The van der Waals surface area contributed by atoms with Crippen LogP contribution in [0.25, 0.3) is 20.1 Å². The number of para-hydroxylation sites is 1. The number of thiazole rings is 1. The minimum atomic E-state index is -0.791. The normalized spacial score (nSPS) is 15.1. The summed E-state index contributed by atoms with van der Waals surface area (Å²) in [5.41, 5.74) is 0.949. The zero-order chi connectivity index (χ0) is 17.4. The van der Waals surface area contributed by atoms with Crippen LogP contribution >= 0.6 is 22.7 Å². The van der Waals surface area contributed by atoms with Crippen molar-refractivity contribution in [2.75, 3.05) is 0 Å². The predicted molar refractivity (Wildman–Crippen MR) is 99.0 cm³/mol. The molecule has 1 aliphatic rings. The number of rotatable bonds is 5. The molecule has 1 aromatic carbocycles. The number of thiophene rings is 1. The summed E-state index contributed by atoms with van der Waals surface area (Å²) in [5, 5.41) is 3.71. The van der Waals surface area contributed by atoms with Crippen LogP contribution in [0, 0.1) is 0 Å². The van der Waals surface area contributed by atoms with Gasteiger partial charge in [0.15, 0.2) is 6.10 Å². The predicted octanol–water partition coefficient (Wildman–Crippen LogP) is 3.85. The summed E-state index contributed by atoms with van der Waals surface area (Å²) in [4.78, 5) is 30.2. The molecule has 1 aliphatic carbocycles. The summed E-state index contributed by atoms with van der Waals surface area (Å²) >= 11 is 2.92. The van der Waals surface area contributed by atoms with Gasteiger partial charge >= 0.3 is 5.97 Å². The first-order chi connectivity index (χ1) is 12.1. The summed E-state index contributed by atoms with van der Waals surface area (Å²) in [7, 11) is 0. The van der Waals surface area contributed by atoms with Crippen LogP contribution in [-0.4, -0.2) is 29.0 Å². The van der Waals surface area contributed by atoms with Gasteiger partial charge in [-0.15, -0.1) is 22.7 Å². The van der Waals surface area contributed by atoms with Crippen LogP contribution in [0.4, 0.5) is 0 Å². The number of hydrogen-bond acceptors (Lipinski definition) is 6. The lowest BCUT2D eigenvalue weighted by molar-refractivity contribution is -0.129. The second-order valence-corrected chi connectivity index (χ2v) is 8.10. The molecule has 5 nitrogen and oxygen atoms in total. The van der Waals surface area contributed by atoms with E-state index in [4.69, 9.17) is 4.74 Å². The Hall–Kier alpha value is -2.25. The van der Waals surface area contributed by atoms with Gasteiger partial charge < -0.3 is 10.1 Å². The van der Waals surface area contributed by atoms with Gasteiger partial charge in [0.05, 0.1) is 15.1 Å². The number of esters is 1. The monoisotopic (exact) mass is 372 g/mol. The van der Waals surface area contributed by atoms with Gasteiger partial charge in [-0.05, 0) is 44.0 Å². The zero-order valence-corrected chi connectivity index (χ0v) is 15.2. The van der Waals surface area contributed by atoms with Crippen molar-refractivity contribution in [3.05, 3.63) is 41.3 Å². The van der Waals surface area contributed by atoms with E-state index in [1.165, 1.54) is 11.3 Å². The molecule has 128 valence electrons. The SMILES string of the molecule is C[C@H](OC(=O)c1ccc(-c2nc3ccccc3s2)s1)C(=O)NC1CC1. The van der Waals surface area contributed by atoms with Gasteiger partial charge in [-0.25, -0.2) is 9.78 Å². The highest BCUT2D eigenvalue weighted by molar-refractivity contribution is 7.26. The fourth-order valence-corrected chi connectivity index (χ4v) is 4.27. The first kappa shape index (κ1) is 16.2. The van der Waals surface area contributed by atoms with Crippen molar-refractivity contribution in [2.24, 2.45) is 0 Å². The Morgan fingerprint density at radius 2 is 2.00 bits per heavy atom. The summed E-state index contributed by atoms with van der Waals surface area (Å²) in [6.45, 7) is 1.59. The van der Waals surface area contributed by atoms with Crippen LogP contribution in [-0.2, 0) is 9.53 Å². The van der Waals surface area contributed by atoms with E-state index in [9.17, 15) is 9.59 Å². The topological polar surface area (TPSA) is 68.3 Å². The second-order valence-electron chi connectivity index (χ2n) is 5.98. The number of benzene rings is 1. The molecule has 3 aromatic rings. The molecule has 1 atom stereocenters. The average molecular weight is 372 g/mol. The van der Waals surface area contributed by atoms with E-state index in [0.29, 0.717) is 4.88 Å². The van der Waals surface area contributed by atoms with Crippen LogP contribution in [0.1, 0.15) is 29.4 Å². The third-order valence-corrected chi connectivity index (χ3v) is 6.16. The summed E-state index contributed by atoms with van der Waals surface area (Å²) in [6.07, 6.45) is 1.22. The summed E-state index contributed by atoms with van der Waals surface area (Å²) < 4.78 is 6.39. The largest absolute Gasteiger partial charge is 0.448 e. The Morgan fingerprint density at radius 3 is 2.76 bits per heavy atom. The molecule has 25 heavy (non-hydrogen) atoms. The van der Waals surface area contributed by atoms with E-state index in [0.717, 1.165) is 32.9 Å². The molecule has 0 saturated heterocycles. The Balaban J connectivity index is 1.46. The Kier molecular flexibility index (Phi) is 4.27. The van der Waals surface area contributed by atoms with Crippen molar-refractivity contribution in [1.29, 1.82) is 0 Å². The van der Waals surface area contributed by atoms with Crippen LogP contribution in [0.15, 0.2) is 36.4 Å². The van der Waals surface area contributed by atoms with Gasteiger partial charge in [0.2, 0.25) is 0 Å². The van der Waals surface area contributed by atoms with E-state index in [2.05, 4.69) is 10.3 Å². The Morgan fingerprint density at radius 1 is 1.20 bits per heavy atom. The molecule has 0 spiro atoms. The number of fused-ring (bicyclic) bond motifs is 1. The van der Waals surface area contributed by atoms with E-state index >= 15 is 0 Å². The average Bonchev–Trinajstić information content (AvgIpc) is 3.13. The molecule has 0 radical (unpaired) electrons. The number of carbonyl (C=O) groups is 2. The van der Waals surface area contributed by atoms with Crippen LogP contribution in [0.3, 0.4) is 0 Å². The highest BCUT2D eigenvalue weighted by atomic mass is 32.1. The molecule has 0 bridgehead atoms. The van der Waals surface area contributed by atoms with Gasteiger partial charge in [0.1, 0.15) is 9.88 Å². The first-order valence-electron chi connectivity index (χ1n) is 8.07. The van der Waals surface area contributed by atoms with Crippen LogP contribution < -0.4 is 5.32 Å². The van der Waals surface area contributed by atoms with E-state index < -0.39 is 12.1 Å². The number of aromatic nitrogens is 1.